The number of H-pyrrole nitrogens is 1. The van der Waals surface area contributed by atoms with Gasteiger partial charge in [-0.2, -0.15) is 10.2 Å². The van der Waals surface area contributed by atoms with Gasteiger partial charge in [0.1, 0.15) is 5.65 Å². The molecule has 0 aromatic carbocycles. The van der Waals surface area contributed by atoms with Gasteiger partial charge in [0.15, 0.2) is 0 Å². The monoisotopic (exact) mass is 382 g/mol. The molecule has 0 unspecified atom stereocenters. The Kier molecular flexibility index (Phi) is 3.59. The van der Waals surface area contributed by atoms with Gasteiger partial charge in [-0.05, 0) is 42.2 Å². The van der Waals surface area contributed by atoms with Crippen molar-refractivity contribution in [3.63, 3.8) is 0 Å². The molecule has 0 aliphatic heterocycles. The molecule has 144 valence electrons. The first-order valence-corrected chi connectivity index (χ1v) is 10.2. The van der Waals surface area contributed by atoms with Crippen molar-refractivity contribution >= 4 is 16.6 Å². The van der Waals surface area contributed by atoms with Crippen LogP contribution in [0.5, 0.6) is 0 Å². The van der Waals surface area contributed by atoms with Crippen molar-refractivity contribution in [1.29, 1.82) is 0 Å². The summed E-state index contributed by atoms with van der Waals surface area (Å²) < 4.78 is 3.73. The summed E-state index contributed by atoms with van der Waals surface area (Å²) in [6.07, 6.45) is 15.0. The van der Waals surface area contributed by atoms with Crippen molar-refractivity contribution in [2.45, 2.75) is 25.7 Å². The number of nitrogens with one attached hydrogen (secondary N) is 1. The maximum atomic E-state index is 4.88. The number of pyridine rings is 2. The number of nitrogens with zero attached hydrogens (tertiary/aromatic N) is 5. The molecule has 5 aromatic heterocycles. The lowest BCUT2D eigenvalue weighted by atomic mass is 9.82. The SMILES string of the molecule is Cn1cc(-c2cnn3ccc(-c4c[nH]c5nc(CC6CCC6)ccc45)cc23)cn1. The minimum absolute atomic E-state index is 0.824. The van der Waals surface area contributed by atoms with E-state index in [0.29, 0.717) is 0 Å². The van der Waals surface area contributed by atoms with E-state index in [4.69, 9.17) is 4.98 Å². The molecule has 0 spiro atoms. The lowest BCUT2D eigenvalue weighted by Gasteiger charge is -2.24. The number of hydrogen-bond donors (Lipinski definition) is 1. The standard InChI is InChI=1S/C23H22N6/c1-28-14-17(11-25-28)21-13-26-29-8-7-16(10-22(21)29)20-12-24-23-19(20)6-5-18(27-23)9-15-3-2-4-15/h5-8,10-15H,2-4,9H2,1H3,(H,24,27). The third kappa shape index (κ3) is 2.75. The van der Waals surface area contributed by atoms with E-state index in [1.165, 1.54) is 30.5 Å². The van der Waals surface area contributed by atoms with Crippen LogP contribution in [0.25, 0.3) is 38.8 Å². The Morgan fingerprint density at radius 3 is 2.79 bits per heavy atom. The molecule has 1 aliphatic rings. The number of fused-ring (bicyclic) bond motifs is 2. The molecule has 1 aliphatic carbocycles. The molecule has 5 heterocycles. The van der Waals surface area contributed by atoms with Crippen molar-refractivity contribution in [3.8, 4) is 22.3 Å². The van der Waals surface area contributed by atoms with Gasteiger partial charge in [0.25, 0.3) is 0 Å². The summed E-state index contributed by atoms with van der Waals surface area (Å²) in [6, 6.07) is 8.71. The Bertz CT molecular complexity index is 1330. The highest BCUT2D eigenvalue weighted by Crippen LogP contribution is 2.33. The van der Waals surface area contributed by atoms with Crippen LogP contribution in [0.1, 0.15) is 25.0 Å². The van der Waals surface area contributed by atoms with E-state index >= 15 is 0 Å². The highest BCUT2D eigenvalue weighted by Gasteiger charge is 2.19. The van der Waals surface area contributed by atoms with E-state index in [2.05, 4.69) is 45.6 Å². The molecule has 1 saturated carbocycles. The highest BCUT2D eigenvalue weighted by atomic mass is 15.2. The molecule has 1 N–H and O–H groups in total. The molecule has 0 radical (unpaired) electrons. The van der Waals surface area contributed by atoms with E-state index in [0.717, 1.165) is 45.6 Å². The molecule has 6 heteroatoms. The summed E-state index contributed by atoms with van der Waals surface area (Å²) in [5.41, 5.74) is 7.71. The maximum Gasteiger partial charge on any atom is 0.138 e. The van der Waals surface area contributed by atoms with E-state index in [9.17, 15) is 0 Å². The van der Waals surface area contributed by atoms with Crippen molar-refractivity contribution in [1.82, 2.24) is 29.4 Å². The second-order valence-corrected chi connectivity index (χ2v) is 8.11. The van der Waals surface area contributed by atoms with Crippen molar-refractivity contribution in [2.75, 3.05) is 0 Å². The summed E-state index contributed by atoms with van der Waals surface area (Å²) >= 11 is 0. The quantitative estimate of drug-likeness (QED) is 0.493. The Balaban J connectivity index is 1.41. The molecular weight excluding hydrogens is 360 g/mol. The van der Waals surface area contributed by atoms with Crippen LogP contribution in [0.15, 0.2) is 55.2 Å². The topological polar surface area (TPSA) is 63.8 Å². The minimum Gasteiger partial charge on any atom is -0.346 e. The van der Waals surface area contributed by atoms with Crippen LogP contribution in [0.3, 0.4) is 0 Å². The van der Waals surface area contributed by atoms with Crippen LogP contribution in [-0.4, -0.2) is 29.4 Å². The fourth-order valence-corrected chi connectivity index (χ4v) is 4.32. The number of hydrogen-bond acceptors (Lipinski definition) is 3. The molecule has 0 bridgehead atoms. The number of aryl methyl sites for hydroxylation is 1. The number of aromatic amines is 1. The number of rotatable bonds is 4. The first-order chi connectivity index (χ1) is 14.2. The normalized spacial score (nSPS) is 14.7. The van der Waals surface area contributed by atoms with Crippen LogP contribution in [0.4, 0.5) is 0 Å². The largest absolute Gasteiger partial charge is 0.346 e. The van der Waals surface area contributed by atoms with Gasteiger partial charge in [0.05, 0.1) is 17.9 Å². The second-order valence-electron chi connectivity index (χ2n) is 8.11. The van der Waals surface area contributed by atoms with Gasteiger partial charge in [-0.3, -0.25) is 4.68 Å². The van der Waals surface area contributed by atoms with Gasteiger partial charge in [0, 0.05) is 53.4 Å². The van der Waals surface area contributed by atoms with Crippen LogP contribution in [-0.2, 0) is 13.5 Å². The van der Waals surface area contributed by atoms with E-state index in [1.807, 2.05) is 41.0 Å². The zero-order valence-electron chi connectivity index (χ0n) is 16.3. The zero-order valence-corrected chi connectivity index (χ0v) is 16.3. The molecule has 29 heavy (non-hydrogen) atoms. The predicted octanol–water partition coefficient (Wildman–Crippen LogP) is 4.62. The number of aromatic nitrogens is 6. The lowest BCUT2D eigenvalue weighted by molar-refractivity contribution is 0.312. The Morgan fingerprint density at radius 2 is 2.00 bits per heavy atom. The fraction of sp³-hybridized carbons (Fsp3) is 0.261. The van der Waals surface area contributed by atoms with E-state index in [-0.39, 0.29) is 0 Å². The third-order valence-corrected chi connectivity index (χ3v) is 6.17. The van der Waals surface area contributed by atoms with Gasteiger partial charge in [-0.25, -0.2) is 9.50 Å². The molecule has 0 saturated heterocycles. The van der Waals surface area contributed by atoms with Gasteiger partial charge in [-0.1, -0.05) is 19.3 Å². The summed E-state index contributed by atoms with van der Waals surface area (Å²) in [6.45, 7) is 0. The molecular formula is C23H22N6. The van der Waals surface area contributed by atoms with Crippen molar-refractivity contribution in [2.24, 2.45) is 13.0 Å². The van der Waals surface area contributed by atoms with Crippen LogP contribution in [0.2, 0.25) is 0 Å². The van der Waals surface area contributed by atoms with E-state index < -0.39 is 0 Å². The van der Waals surface area contributed by atoms with E-state index in [1.54, 1.807) is 0 Å². The van der Waals surface area contributed by atoms with Gasteiger partial charge in [-0.15, -0.1) is 0 Å². The molecule has 1 fully saturated rings. The molecule has 0 amide bonds. The minimum atomic E-state index is 0.824. The van der Waals surface area contributed by atoms with Gasteiger partial charge in [0.2, 0.25) is 0 Å². The maximum absolute atomic E-state index is 4.88. The summed E-state index contributed by atoms with van der Waals surface area (Å²) in [4.78, 5) is 8.26. The third-order valence-electron chi connectivity index (χ3n) is 6.17. The average molecular weight is 382 g/mol. The molecule has 6 rings (SSSR count). The van der Waals surface area contributed by atoms with Gasteiger partial charge < -0.3 is 4.98 Å². The molecule has 0 atom stereocenters. The predicted molar refractivity (Wildman–Crippen MR) is 114 cm³/mol. The first kappa shape index (κ1) is 16.5. The first-order valence-electron chi connectivity index (χ1n) is 10.2. The second kappa shape index (κ2) is 6.30. The molecule has 5 aromatic rings. The lowest BCUT2D eigenvalue weighted by Crippen LogP contribution is -2.14. The summed E-state index contributed by atoms with van der Waals surface area (Å²) in [7, 11) is 1.93. The molecule has 6 nitrogen and oxygen atoms in total. The van der Waals surface area contributed by atoms with Crippen molar-refractivity contribution in [3.05, 3.63) is 60.9 Å². The highest BCUT2D eigenvalue weighted by molar-refractivity contribution is 5.95. The zero-order chi connectivity index (χ0) is 19.4. The Labute approximate surface area is 168 Å². The van der Waals surface area contributed by atoms with Crippen LogP contribution >= 0.6 is 0 Å². The summed E-state index contributed by atoms with van der Waals surface area (Å²) in [5, 5.41) is 9.96. The summed E-state index contributed by atoms with van der Waals surface area (Å²) in [5.74, 6) is 0.824. The Hall–Kier alpha value is -3.41. The van der Waals surface area contributed by atoms with Gasteiger partial charge >= 0.3 is 0 Å². The van der Waals surface area contributed by atoms with Crippen LogP contribution < -0.4 is 0 Å². The van der Waals surface area contributed by atoms with Crippen molar-refractivity contribution < 1.29 is 0 Å². The van der Waals surface area contributed by atoms with Crippen LogP contribution in [0, 0.1) is 5.92 Å². The fourth-order valence-electron chi connectivity index (χ4n) is 4.32. The smallest absolute Gasteiger partial charge is 0.138 e. The average Bonchev–Trinajstić information content (AvgIpc) is 3.41. The Morgan fingerprint density at radius 1 is 1.07 bits per heavy atom.